The number of sulfonamides is 1. The number of nitrogens with zero attached hydrogens (tertiary/aromatic N) is 2. The number of ketones is 1. The van der Waals surface area contributed by atoms with Crippen molar-refractivity contribution in [1.82, 2.24) is 4.31 Å². The van der Waals surface area contributed by atoms with Crippen molar-refractivity contribution in [3.63, 3.8) is 0 Å². The molecule has 8 nitrogen and oxygen atoms in total. The van der Waals surface area contributed by atoms with E-state index in [9.17, 15) is 22.8 Å². The van der Waals surface area contributed by atoms with E-state index in [2.05, 4.69) is 0 Å². The first-order valence-corrected chi connectivity index (χ1v) is 12.8. The predicted molar refractivity (Wildman–Crippen MR) is 127 cm³/mol. The summed E-state index contributed by atoms with van der Waals surface area (Å²) in [5.74, 6) is -0.645. The first-order chi connectivity index (χ1) is 16.0. The van der Waals surface area contributed by atoms with E-state index in [1.54, 1.807) is 24.3 Å². The van der Waals surface area contributed by atoms with Gasteiger partial charge in [0.05, 0.1) is 43.2 Å². The van der Waals surface area contributed by atoms with Crippen LogP contribution in [0.5, 0.6) is 0 Å². The molecule has 2 aromatic rings. The van der Waals surface area contributed by atoms with Gasteiger partial charge < -0.3 is 4.90 Å². The zero-order chi connectivity index (χ0) is 24.8. The molecule has 2 amide bonds. The van der Waals surface area contributed by atoms with E-state index >= 15 is 0 Å². The molecule has 0 aliphatic carbocycles. The molecule has 2 aliphatic rings. The summed E-state index contributed by atoms with van der Waals surface area (Å²) in [4.78, 5) is 39.8. The van der Waals surface area contributed by atoms with Gasteiger partial charge in [0.15, 0.2) is 11.8 Å². The second-order valence-corrected chi connectivity index (χ2v) is 11.1. The lowest BCUT2D eigenvalue weighted by atomic mass is 10.1. The lowest BCUT2D eigenvalue weighted by Gasteiger charge is -2.34. The molecule has 180 valence electrons. The second-order valence-electron chi connectivity index (χ2n) is 9.22. The number of imide groups is 1. The number of carbonyl (C=O) groups excluding carboxylic acids is 3. The van der Waals surface area contributed by atoms with Crippen LogP contribution in [0.4, 0.5) is 5.69 Å². The van der Waals surface area contributed by atoms with Gasteiger partial charge in [-0.25, -0.2) is 13.3 Å². The van der Waals surface area contributed by atoms with E-state index in [0.29, 0.717) is 29.2 Å². The van der Waals surface area contributed by atoms with Crippen LogP contribution in [0.3, 0.4) is 0 Å². The Morgan fingerprint density at radius 3 is 2.06 bits per heavy atom. The van der Waals surface area contributed by atoms with Crippen molar-refractivity contribution in [2.24, 2.45) is 0 Å². The van der Waals surface area contributed by atoms with Gasteiger partial charge in [-0.3, -0.25) is 14.4 Å². The lowest BCUT2D eigenvalue weighted by Crippen LogP contribution is -3.19. The smallest absolute Gasteiger partial charge is 0.292 e. The molecule has 0 spiro atoms. The highest BCUT2D eigenvalue weighted by molar-refractivity contribution is 7.89. The Labute approximate surface area is 200 Å². The van der Waals surface area contributed by atoms with Crippen LogP contribution in [0.2, 0.25) is 0 Å². The normalized spacial score (nSPS) is 20.2. The number of hydrogen-bond donors (Lipinski definition) is 1. The van der Waals surface area contributed by atoms with E-state index in [4.69, 9.17) is 0 Å². The minimum Gasteiger partial charge on any atom is -0.322 e. The number of anilines is 1. The predicted octanol–water partition coefficient (Wildman–Crippen LogP) is 1.04. The second kappa shape index (κ2) is 9.05. The standard InChI is InChI=1S/C25H29N3O5S/c1-16-13-17(2)24(18(3)14-16)34(32,33)27-11-9-26(10-12-27)22-15-23(30)28(25(22)31)21-7-5-20(6-8-21)19(4)29/h5-8,13-14,22H,9-12,15H2,1-4H3/p+1/t22-/m1/s1. The van der Waals surface area contributed by atoms with Gasteiger partial charge >= 0.3 is 0 Å². The number of nitrogens with one attached hydrogen (secondary N) is 1. The average molecular weight is 485 g/mol. The molecule has 0 aromatic heterocycles. The topological polar surface area (TPSA) is 96.3 Å². The Balaban J connectivity index is 1.47. The number of quaternary nitrogens is 1. The van der Waals surface area contributed by atoms with Gasteiger partial charge in [-0.05, 0) is 63.1 Å². The van der Waals surface area contributed by atoms with Crippen molar-refractivity contribution in [2.75, 3.05) is 31.1 Å². The van der Waals surface area contributed by atoms with E-state index < -0.39 is 16.1 Å². The van der Waals surface area contributed by atoms with Crippen LogP contribution in [-0.4, -0.2) is 62.5 Å². The van der Waals surface area contributed by atoms with Gasteiger partial charge in [0.1, 0.15) is 0 Å². The molecule has 0 radical (unpaired) electrons. The maximum atomic E-state index is 13.4. The fraction of sp³-hybridized carbons (Fsp3) is 0.400. The van der Waals surface area contributed by atoms with Gasteiger partial charge in [0, 0.05) is 5.56 Å². The van der Waals surface area contributed by atoms with Crippen molar-refractivity contribution >= 4 is 33.3 Å². The van der Waals surface area contributed by atoms with Gasteiger partial charge in [0.25, 0.3) is 5.91 Å². The fourth-order valence-electron chi connectivity index (χ4n) is 5.13. The highest BCUT2D eigenvalue weighted by Gasteiger charge is 2.47. The molecule has 9 heteroatoms. The first kappa shape index (κ1) is 24.3. The number of rotatable bonds is 5. The molecule has 34 heavy (non-hydrogen) atoms. The van der Waals surface area contributed by atoms with Crippen molar-refractivity contribution in [1.29, 1.82) is 0 Å². The molecule has 2 heterocycles. The molecular formula is C25H30N3O5S+. The van der Waals surface area contributed by atoms with Gasteiger partial charge in [-0.2, -0.15) is 4.31 Å². The van der Waals surface area contributed by atoms with Gasteiger partial charge in [0.2, 0.25) is 15.9 Å². The van der Waals surface area contributed by atoms with Crippen LogP contribution in [0, 0.1) is 20.8 Å². The zero-order valence-corrected chi connectivity index (χ0v) is 20.7. The summed E-state index contributed by atoms with van der Waals surface area (Å²) in [6.45, 7) is 8.50. The summed E-state index contributed by atoms with van der Waals surface area (Å²) in [5, 5.41) is 0. The number of piperazine rings is 1. The minimum atomic E-state index is -3.65. The minimum absolute atomic E-state index is 0.0863. The molecule has 2 aliphatic heterocycles. The first-order valence-electron chi connectivity index (χ1n) is 11.4. The molecule has 2 saturated heterocycles. The summed E-state index contributed by atoms with van der Waals surface area (Å²) >= 11 is 0. The number of hydrogen-bond acceptors (Lipinski definition) is 5. The number of Topliss-reactive ketones (excluding diaryl/α,β-unsaturated/α-hetero) is 1. The summed E-state index contributed by atoms with van der Waals surface area (Å²) in [6, 6.07) is 9.66. The third-order valence-corrected chi connectivity index (χ3v) is 8.94. The molecule has 0 bridgehead atoms. The number of carbonyl (C=O) groups is 3. The van der Waals surface area contributed by atoms with Crippen LogP contribution in [-0.2, 0) is 19.6 Å². The summed E-state index contributed by atoms with van der Waals surface area (Å²) in [7, 11) is -3.65. The Kier molecular flexibility index (Phi) is 6.46. The van der Waals surface area contributed by atoms with E-state index in [0.717, 1.165) is 21.6 Å². The molecule has 0 unspecified atom stereocenters. The zero-order valence-electron chi connectivity index (χ0n) is 19.9. The third-order valence-electron chi connectivity index (χ3n) is 6.74. The van der Waals surface area contributed by atoms with Gasteiger partial charge in [-0.1, -0.05) is 17.7 Å². The number of benzene rings is 2. The van der Waals surface area contributed by atoms with Gasteiger partial charge in [-0.15, -0.1) is 0 Å². The molecular weight excluding hydrogens is 454 g/mol. The summed E-state index contributed by atoms with van der Waals surface area (Å²) in [5.41, 5.74) is 3.45. The molecule has 2 aromatic carbocycles. The highest BCUT2D eigenvalue weighted by atomic mass is 32.2. The largest absolute Gasteiger partial charge is 0.322 e. The monoisotopic (exact) mass is 484 g/mol. The number of aryl methyl sites for hydroxylation is 3. The van der Waals surface area contributed by atoms with Crippen molar-refractivity contribution in [3.8, 4) is 0 Å². The third kappa shape index (κ3) is 4.31. The molecule has 4 rings (SSSR count). The Morgan fingerprint density at radius 1 is 0.971 bits per heavy atom. The Hall–Kier alpha value is -2.88. The van der Waals surface area contributed by atoms with Crippen LogP contribution in [0.25, 0.3) is 0 Å². The Morgan fingerprint density at radius 2 is 1.53 bits per heavy atom. The highest BCUT2D eigenvalue weighted by Crippen LogP contribution is 2.26. The van der Waals surface area contributed by atoms with Crippen LogP contribution < -0.4 is 9.80 Å². The fourth-order valence-corrected chi connectivity index (χ4v) is 6.99. The van der Waals surface area contributed by atoms with Crippen LogP contribution in [0.15, 0.2) is 41.3 Å². The SMILES string of the molecule is CC(=O)c1ccc(N2C(=O)C[C@@H]([NH+]3CCN(S(=O)(=O)c4c(C)cc(C)cc4C)CC3)C2=O)cc1. The van der Waals surface area contributed by atoms with Crippen molar-refractivity contribution in [3.05, 3.63) is 58.7 Å². The molecule has 2 fully saturated rings. The maximum absolute atomic E-state index is 13.4. The maximum Gasteiger partial charge on any atom is 0.292 e. The number of amides is 2. The van der Waals surface area contributed by atoms with E-state index in [-0.39, 0.29) is 37.1 Å². The quantitative estimate of drug-likeness (QED) is 0.505. The van der Waals surface area contributed by atoms with Crippen LogP contribution >= 0.6 is 0 Å². The summed E-state index contributed by atoms with van der Waals surface area (Å²) < 4.78 is 28.2. The van der Waals surface area contributed by atoms with Crippen LogP contribution in [0.1, 0.15) is 40.4 Å². The van der Waals surface area contributed by atoms with Crippen molar-refractivity contribution in [2.45, 2.75) is 45.1 Å². The van der Waals surface area contributed by atoms with E-state index in [1.165, 1.54) is 16.1 Å². The Bertz CT molecular complexity index is 1240. The van der Waals surface area contributed by atoms with E-state index in [1.807, 2.05) is 32.9 Å². The molecule has 0 saturated carbocycles. The average Bonchev–Trinajstić information content (AvgIpc) is 3.06. The van der Waals surface area contributed by atoms with Crippen molar-refractivity contribution < 1.29 is 27.7 Å². The lowest BCUT2D eigenvalue weighted by molar-refractivity contribution is -0.918. The molecule has 1 atom stereocenters. The molecule has 1 N–H and O–H groups in total. The summed E-state index contributed by atoms with van der Waals surface area (Å²) in [6.07, 6.45) is 0.0888.